The van der Waals surface area contributed by atoms with Crippen molar-refractivity contribution in [1.29, 1.82) is 0 Å². The van der Waals surface area contributed by atoms with Crippen LogP contribution in [-0.4, -0.2) is 60.4 Å². The third kappa shape index (κ3) is 6.76. The Balaban J connectivity index is 1.49. The van der Waals surface area contributed by atoms with Crippen LogP contribution in [0.1, 0.15) is 27.7 Å². The van der Waals surface area contributed by atoms with Crippen LogP contribution in [0.2, 0.25) is 0 Å². The Bertz CT molecular complexity index is 919. The number of pyridine rings is 1. The predicted octanol–water partition coefficient (Wildman–Crippen LogP) is 4.18. The Kier molecular flexibility index (Phi) is 7.40. The zero-order valence-corrected chi connectivity index (χ0v) is 19.1. The molecule has 32 heavy (non-hydrogen) atoms. The fraction of sp³-hybridized carbons (Fsp3) is 0.435. The van der Waals surface area contributed by atoms with Gasteiger partial charge >= 0.3 is 12.1 Å². The van der Waals surface area contributed by atoms with Crippen molar-refractivity contribution in [3.05, 3.63) is 42.6 Å². The van der Waals surface area contributed by atoms with Crippen molar-refractivity contribution in [1.82, 2.24) is 9.88 Å². The Hall–Kier alpha value is -3.49. The molecule has 1 aliphatic rings. The number of carbonyl (C=O) groups excluding carboxylic acids is 2. The summed E-state index contributed by atoms with van der Waals surface area (Å²) in [4.78, 5) is 32.8. The zero-order chi connectivity index (χ0) is 23.1. The molecule has 0 unspecified atom stereocenters. The lowest BCUT2D eigenvalue weighted by Gasteiger charge is -2.36. The lowest BCUT2D eigenvalue weighted by molar-refractivity contribution is 0.0240. The molecule has 0 aliphatic carbocycles. The van der Waals surface area contributed by atoms with Gasteiger partial charge in [0.15, 0.2) is 0 Å². The van der Waals surface area contributed by atoms with Gasteiger partial charge in [-0.3, -0.25) is 0 Å². The summed E-state index contributed by atoms with van der Waals surface area (Å²) in [6, 6.07) is 10.5. The van der Waals surface area contributed by atoms with Crippen LogP contribution < -0.4 is 20.3 Å². The summed E-state index contributed by atoms with van der Waals surface area (Å²) >= 11 is 0. The highest BCUT2D eigenvalue weighted by molar-refractivity contribution is 5.99. The summed E-state index contributed by atoms with van der Waals surface area (Å²) in [5.74, 6) is 1.49. The number of piperazine rings is 1. The van der Waals surface area contributed by atoms with Gasteiger partial charge in [-0.1, -0.05) is 6.07 Å². The third-order valence-corrected chi connectivity index (χ3v) is 4.66. The Morgan fingerprint density at radius 1 is 1.03 bits per heavy atom. The highest BCUT2D eigenvalue weighted by Crippen LogP contribution is 2.19. The molecule has 2 N–H and O–H groups in total. The summed E-state index contributed by atoms with van der Waals surface area (Å²) in [7, 11) is 0. The van der Waals surface area contributed by atoms with Crippen molar-refractivity contribution < 1.29 is 19.1 Å². The molecule has 9 nitrogen and oxygen atoms in total. The average molecular weight is 442 g/mol. The molecular weight excluding hydrogens is 410 g/mol. The number of hydrogen-bond acceptors (Lipinski definition) is 6. The van der Waals surface area contributed by atoms with Crippen molar-refractivity contribution in [2.24, 2.45) is 0 Å². The molecule has 2 aromatic rings. The zero-order valence-electron chi connectivity index (χ0n) is 19.1. The molecule has 9 heteroatoms. The minimum absolute atomic E-state index is 0.289. The summed E-state index contributed by atoms with van der Waals surface area (Å²) in [6.07, 6.45) is 1.33. The second-order valence-corrected chi connectivity index (χ2v) is 8.40. The number of rotatable bonds is 5. The van der Waals surface area contributed by atoms with Crippen LogP contribution in [0.25, 0.3) is 0 Å². The number of aromatic nitrogens is 1. The van der Waals surface area contributed by atoms with Crippen molar-refractivity contribution in [2.75, 3.05) is 48.3 Å². The van der Waals surface area contributed by atoms with Crippen molar-refractivity contribution in [3.63, 3.8) is 0 Å². The van der Waals surface area contributed by atoms with Crippen LogP contribution in [0.5, 0.6) is 5.75 Å². The number of benzene rings is 1. The van der Waals surface area contributed by atoms with Crippen LogP contribution in [0, 0.1) is 0 Å². The molecule has 1 fully saturated rings. The number of hydrogen-bond donors (Lipinski definition) is 2. The minimum atomic E-state index is -0.503. The number of nitrogens with zero attached hydrogens (tertiary/aromatic N) is 3. The van der Waals surface area contributed by atoms with Crippen LogP contribution >= 0.6 is 0 Å². The second-order valence-electron chi connectivity index (χ2n) is 8.40. The van der Waals surface area contributed by atoms with E-state index in [4.69, 9.17) is 9.47 Å². The van der Waals surface area contributed by atoms with Gasteiger partial charge in [0.25, 0.3) is 0 Å². The molecule has 1 aromatic heterocycles. The molecule has 1 aliphatic heterocycles. The van der Waals surface area contributed by atoms with E-state index in [0.717, 1.165) is 5.82 Å². The van der Waals surface area contributed by atoms with Crippen molar-refractivity contribution >= 4 is 29.3 Å². The molecular formula is C23H31N5O4. The van der Waals surface area contributed by atoms with Gasteiger partial charge in [0.2, 0.25) is 0 Å². The first-order valence-corrected chi connectivity index (χ1v) is 10.7. The first-order valence-electron chi connectivity index (χ1n) is 10.7. The van der Waals surface area contributed by atoms with Crippen LogP contribution in [0.4, 0.5) is 26.8 Å². The first-order chi connectivity index (χ1) is 15.2. The largest absolute Gasteiger partial charge is 0.494 e. The number of nitrogens with one attached hydrogen (secondary N) is 2. The summed E-state index contributed by atoms with van der Waals surface area (Å²) in [6.45, 7) is 10.5. The molecule has 0 radical (unpaired) electrons. The number of urea groups is 1. The predicted molar refractivity (Wildman–Crippen MR) is 125 cm³/mol. The highest BCUT2D eigenvalue weighted by Gasteiger charge is 2.26. The number of carbonyl (C=O) groups is 2. The van der Waals surface area contributed by atoms with E-state index in [9.17, 15) is 9.59 Å². The van der Waals surface area contributed by atoms with Crippen LogP contribution in [0.3, 0.4) is 0 Å². The fourth-order valence-corrected chi connectivity index (χ4v) is 3.22. The van der Waals surface area contributed by atoms with Gasteiger partial charge in [-0.25, -0.2) is 14.6 Å². The molecule has 0 atom stereocenters. The first kappa shape index (κ1) is 23.2. The topological polar surface area (TPSA) is 96.0 Å². The third-order valence-electron chi connectivity index (χ3n) is 4.66. The minimum Gasteiger partial charge on any atom is -0.494 e. The lowest BCUT2D eigenvalue weighted by Crippen LogP contribution is -2.50. The van der Waals surface area contributed by atoms with E-state index in [-0.39, 0.29) is 12.1 Å². The maximum atomic E-state index is 12.3. The molecule has 1 saturated heterocycles. The van der Waals surface area contributed by atoms with Crippen LogP contribution in [0.15, 0.2) is 42.6 Å². The Morgan fingerprint density at radius 3 is 2.38 bits per heavy atom. The van der Waals surface area contributed by atoms with Crippen molar-refractivity contribution in [2.45, 2.75) is 33.3 Å². The van der Waals surface area contributed by atoms with Gasteiger partial charge in [-0.2, -0.15) is 0 Å². The summed E-state index contributed by atoms with van der Waals surface area (Å²) in [5, 5.41) is 5.56. The van der Waals surface area contributed by atoms with Gasteiger partial charge in [0.05, 0.1) is 18.5 Å². The van der Waals surface area contributed by atoms with Gasteiger partial charge in [-0.15, -0.1) is 0 Å². The normalized spacial score (nSPS) is 14.0. The summed E-state index contributed by atoms with van der Waals surface area (Å²) < 4.78 is 10.9. The van der Waals surface area contributed by atoms with E-state index in [2.05, 4.69) is 20.5 Å². The van der Waals surface area contributed by atoms with Gasteiger partial charge in [0, 0.05) is 37.9 Å². The van der Waals surface area contributed by atoms with Gasteiger partial charge in [-0.05, 0) is 52.0 Å². The fourth-order valence-electron chi connectivity index (χ4n) is 3.22. The molecule has 3 amide bonds. The summed E-state index contributed by atoms with van der Waals surface area (Å²) in [5.41, 5.74) is 0.720. The molecule has 0 bridgehead atoms. The number of anilines is 3. The average Bonchev–Trinajstić information content (AvgIpc) is 2.74. The molecule has 1 aromatic carbocycles. The Morgan fingerprint density at radius 2 is 1.75 bits per heavy atom. The van der Waals surface area contributed by atoms with Crippen molar-refractivity contribution in [3.8, 4) is 5.75 Å². The molecule has 0 saturated carbocycles. The molecule has 3 rings (SSSR count). The highest BCUT2D eigenvalue weighted by atomic mass is 16.6. The maximum absolute atomic E-state index is 12.3. The second kappa shape index (κ2) is 10.2. The van der Waals surface area contributed by atoms with E-state index < -0.39 is 5.60 Å². The Labute approximate surface area is 188 Å². The van der Waals surface area contributed by atoms with Crippen LogP contribution in [-0.2, 0) is 4.74 Å². The molecule has 0 spiro atoms. The van der Waals surface area contributed by atoms with E-state index >= 15 is 0 Å². The van der Waals surface area contributed by atoms with E-state index in [1.54, 1.807) is 29.3 Å². The lowest BCUT2D eigenvalue weighted by atomic mass is 10.2. The quantitative estimate of drug-likeness (QED) is 0.723. The standard InChI is InChI=1S/C23H31N5O4/c1-5-31-19-8-6-7-17(15-19)25-21(29)26-18-9-10-20(24-16-18)27-11-13-28(14-12-27)22(30)32-23(2,3)4/h6-10,15-16H,5,11-14H2,1-4H3,(H2,25,26,29). The maximum Gasteiger partial charge on any atom is 0.410 e. The van der Waals surface area contributed by atoms with E-state index in [0.29, 0.717) is 49.9 Å². The molecule has 172 valence electrons. The molecule has 2 heterocycles. The van der Waals surface area contributed by atoms with E-state index in [1.165, 1.54) is 0 Å². The number of ether oxygens (including phenoxy) is 2. The van der Waals surface area contributed by atoms with E-state index in [1.807, 2.05) is 45.9 Å². The monoisotopic (exact) mass is 441 g/mol. The number of amides is 3. The van der Waals surface area contributed by atoms with Gasteiger partial charge in [0.1, 0.15) is 17.2 Å². The smallest absolute Gasteiger partial charge is 0.410 e. The van der Waals surface area contributed by atoms with Gasteiger partial charge < -0.3 is 29.9 Å². The SMILES string of the molecule is CCOc1cccc(NC(=O)Nc2ccc(N3CCN(C(=O)OC(C)(C)C)CC3)nc2)c1.